The second kappa shape index (κ2) is 21.1. The number of rotatable bonds is 21. The largest absolute Gasteiger partial charge is 0.393 e. The molecule has 1 saturated heterocycles. The van der Waals surface area contributed by atoms with Crippen molar-refractivity contribution in [3.05, 3.63) is 0 Å². The molecule has 1 heterocycles. The minimum absolute atomic E-state index is 0.00470. The maximum Gasteiger partial charge on any atom is 0.240 e. The summed E-state index contributed by atoms with van der Waals surface area (Å²) in [6.45, 7) is 1.48. The van der Waals surface area contributed by atoms with E-state index in [2.05, 4.69) is 5.32 Å². The summed E-state index contributed by atoms with van der Waals surface area (Å²) in [5.74, 6) is -0.590. The van der Waals surface area contributed by atoms with Crippen molar-refractivity contribution in [2.45, 2.75) is 57.6 Å². The second-order valence-electron chi connectivity index (χ2n) is 9.78. The molecule has 2 atom stereocenters. The predicted molar refractivity (Wildman–Crippen MR) is 166 cm³/mol. The average Bonchev–Trinajstić information content (AvgIpc) is 2.92. The van der Waals surface area contributed by atoms with E-state index in [0.717, 1.165) is 0 Å². The molecule has 0 bridgehead atoms. The highest BCUT2D eigenvalue weighted by Crippen LogP contribution is 2.16. The normalized spacial score (nSPS) is 14.6. The minimum Gasteiger partial charge on any atom is -0.393 e. The van der Waals surface area contributed by atoms with Gasteiger partial charge in [0.1, 0.15) is 6.04 Å². The van der Waals surface area contributed by atoms with E-state index < -0.39 is 35.8 Å². The molecule has 0 saturated carbocycles. The first-order valence-electron chi connectivity index (χ1n) is 13.7. The molecule has 0 aromatic carbocycles. The van der Waals surface area contributed by atoms with Crippen LogP contribution < -0.4 is 22.5 Å². The summed E-state index contributed by atoms with van der Waals surface area (Å²) in [4.78, 5) is 88.7. The van der Waals surface area contributed by atoms with E-state index in [1.165, 1.54) is 56.9 Å². The van der Waals surface area contributed by atoms with Crippen molar-refractivity contribution in [1.82, 2.24) is 20.0 Å². The summed E-state index contributed by atoms with van der Waals surface area (Å²) in [7, 11) is 0. The Morgan fingerprint density at radius 1 is 0.674 bits per heavy atom. The van der Waals surface area contributed by atoms with E-state index >= 15 is 0 Å². The van der Waals surface area contributed by atoms with E-state index in [1.807, 2.05) is 0 Å². The first-order chi connectivity index (χ1) is 20.3. The molecule has 0 aliphatic carbocycles. The van der Waals surface area contributed by atoms with Crippen LogP contribution in [0.3, 0.4) is 0 Å². The quantitative estimate of drug-likeness (QED) is 0.0859. The monoisotopic (exact) mass is 665 g/mol. The standard InChI is InChI=1S/C25H43N7O8S3/c1-17(33)12-21(36)29-18(25(28)40)13-43-11-6-24(39)32-15-30(22(37)4-9-41-7-2-19(26)34)14-31(16-32)23(38)5-10-42-8-3-20(27)35/h17-18,33H,2-16H2,1H3,(H2,26,34)(H2,27,35)(H2,28,40)(H,29,36)/t17?,18-/m1/s1. The summed E-state index contributed by atoms with van der Waals surface area (Å²) in [5.41, 5.74) is 15.6. The van der Waals surface area contributed by atoms with Crippen molar-refractivity contribution >= 4 is 76.6 Å². The van der Waals surface area contributed by atoms with Crippen LogP contribution in [0.4, 0.5) is 0 Å². The number of hydrogen-bond acceptors (Lipinski definition) is 11. The molecule has 0 radical (unpaired) electrons. The lowest BCUT2D eigenvalue weighted by Crippen LogP contribution is -2.59. The van der Waals surface area contributed by atoms with Gasteiger partial charge in [0, 0.05) is 66.6 Å². The number of nitrogens with one attached hydrogen (secondary N) is 1. The van der Waals surface area contributed by atoms with Gasteiger partial charge in [0.15, 0.2) is 0 Å². The van der Waals surface area contributed by atoms with Gasteiger partial charge >= 0.3 is 0 Å². The highest BCUT2D eigenvalue weighted by molar-refractivity contribution is 7.99. The topological polar surface area (TPSA) is 240 Å². The number of amides is 7. The summed E-state index contributed by atoms with van der Waals surface area (Å²) in [6.07, 6.45) is -0.280. The van der Waals surface area contributed by atoms with Gasteiger partial charge in [-0.15, -0.1) is 0 Å². The zero-order valence-corrected chi connectivity index (χ0v) is 26.8. The van der Waals surface area contributed by atoms with Crippen molar-refractivity contribution in [2.24, 2.45) is 17.2 Å². The SMILES string of the molecule is CC(O)CC(=O)N[C@H](CSCCC(=O)N1CN(C(=O)CCSCCC(N)=O)CN(C(=O)CCSCCC(N)=O)C1)C(N)=O. The smallest absolute Gasteiger partial charge is 0.240 e. The van der Waals surface area contributed by atoms with Crippen LogP contribution in [0.15, 0.2) is 0 Å². The molecule has 1 aliphatic heterocycles. The number of aliphatic hydroxyl groups excluding tert-OH is 1. The van der Waals surface area contributed by atoms with Crippen LogP contribution >= 0.6 is 35.3 Å². The fraction of sp³-hybridized carbons (Fsp3) is 0.720. The number of hydrogen-bond donors (Lipinski definition) is 5. The van der Waals surface area contributed by atoms with Gasteiger partial charge < -0.3 is 42.3 Å². The van der Waals surface area contributed by atoms with Crippen LogP contribution in [-0.2, 0) is 33.6 Å². The van der Waals surface area contributed by atoms with Crippen molar-refractivity contribution in [3.8, 4) is 0 Å². The summed E-state index contributed by atoms with van der Waals surface area (Å²) >= 11 is 4.06. The van der Waals surface area contributed by atoms with Gasteiger partial charge in [0.25, 0.3) is 0 Å². The zero-order chi connectivity index (χ0) is 32.4. The molecule has 1 rings (SSSR count). The third-order valence-corrected chi connectivity index (χ3v) is 8.93. The Balaban J connectivity index is 2.72. The number of nitrogens with zero attached hydrogens (tertiary/aromatic N) is 3. The molecule has 1 unspecified atom stereocenters. The first kappa shape index (κ1) is 38.3. The van der Waals surface area contributed by atoms with Gasteiger partial charge in [0.05, 0.1) is 32.5 Å². The van der Waals surface area contributed by atoms with Crippen LogP contribution in [-0.4, -0.2) is 128 Å². The Kier molecular flexibility index (Phi) is 18.8. The predicted octanol–water partition coefficient (Wildman–Crippen LogP) is -1.78. The van der Waals surface area contributed by atoms with Crippen molar-refractivity contribution < 1.29 is 38.7 Å². The molecule has 0 aromatic rings. The molecule has 8 N–H and O–H groups in total. The van der Waals surface area contributed by atoms with Crippen molar-refractivity contribution in [3.63, 3.8) is 0 Å². The molecule has 0 spiro atoms. The van der Waals surface area contributed by atoms with Crippen LogP contribution in [0.1, 0.15) is 45.4 Å². The Morgan fingerprint density at radius 3 is 1.40 bits per heavy atom. The van der Waals surface area contributed by atoms with Gasteiger partial charge in [-0.05, 0) is 6.92 Å². The maximum atomic E-state index is 13.1. The highest BCUT2D eigenvalue weighted by Gasteiger charge is 2.31. The second-order valence-corrected chi connectivity index (χ2v) is 13.4. The third kappa shape index (κ3) is 17.3. The molecule has 0 aromatic heterocycles. The number of carbonyl (C=O) groups excluding carboxylic acids is 7. The molecule has 1 aliphatic rings. The van der Waals surface area contributed by atoms with E-state index in [0.29, 0.717) is 28.8 Å². The summed E-state index contributed by atoms with van der Waals surface area (Å²) in [5, 5.41) is 11.8. The molecule has 18 heteroatoms. The summed E-state index contributed by atoms with van der Waals surface area (Å²) < 4.78 is 0. The molecular formula is C25H43N7O8S3. The first-order valence-corrected chi connectivity index (χ1v) is 17.2. The van der Waals surface area contributed by atoms with E-state index in [-0.39, 0.29) is 82.0 Å². The Labute approximate surface area is 264 Å². The third-order valence-electron chi connectivity index (χ3n) is 5.89. The molecule has 15 nitrogen and oxygen atoms in total. The zero-order valence-electron chi connectivity index (χ0n) is 24.4. The number of primary amides is 3. The fourth-order valence-corrected chi connectivity index (χ4v) is 6.35. The highest BCUT2D eigenvalue weighted by atomic mass is 32.2. The van der Waals surface area contributed by atoms with Gasteiger partial charge in [0.2, 0.25) is 41.4 Å². The summed E-state index contributed by atoms with van der Waals surface area (Å²) in [6, 6.07) is -0.968. The molecule has 43 heavy (non-hydrogen) atoms. The lowest BCUT2D eigenvalue weighted by molar-refractivity contribution is -0.158. The van der Waals surface area contributed by atoms with E-state index in [1.54, 1.807) is 0 Å². The molecular weight excluding hydrogens is 623 g/mol. The van der Waals surface area contributed by atoms with E-state index in [9.17, 15) is 38.7 Å². The average molecular weight is 666 g/mol. The molecule has 7 amide bonds. The molecule has 1 fully saturated rings. The Morgan fingerprint density at radius 2 is 1.05 bits per heavy atom. The fourth-order valence-electron chi connectivity index (χ4n) is 3.65. The lowest BCUT2D eigenvalue weighted by Gasteiger charge is -2.42. The Hall–Kier alpha value is -2.70. The minimum atomic E-state index is -0.968. The molecule has 244 valence electrons. The van der Waals surface area contributed by atoms with Crippen LogP contribution in [0, 0.1) is 0 Å². The van der Waals surface area contributed by atoms with Crippen LogP contribution in [0.25, 0.3) is 0 Å². The number of thioether (sulfide) groups is 3. The van der Waals surface area contributed by atoms with E-state index in [4.69, 9.17) is 17.2 Å². The van der Waals surface area contributed by atoms with Gasteiger partial charge in [-0.2, -0.15) is 35.3 Å². The van der Waals surface area contributed by atoms with Gasteiger partial charge in [-0.25, -0.2) is 0 Å². The van der Waals surface area contributed by atoms with Crippen molar-refractivity contribution in [1.29, 1.82) is 0 Å². The van der Waals surface area contributed by atoms with Crippen LogP contribution in [0.5, 0.6) is 0 Å². The van der Waals surface area contributed by atoms with Crippen molar-refractivity contribution in [2.75, 3.05) is 54.5 Å². The number of aliphatic hydroxyl groups is 1. The number of carbonyl (C=O) groups is 7. The lowest BCUT2D eigenvalue weighted by atomic mass is 10.2. The van der Waals surface area contributed by atoms with Crippen LogP contribution in [0.2, 0.25) is 0 Å². The number of nitrogens with two attached hydrogens (primary N) is 3. The van der Waals surface area contributed by atoms with Gasteiger partial charge in [-0.1, -0.05) is 0 Å². The van der Waals surface area contributed by atoms with Gasteiger partial charge in [-0.3, -0.25) is 33.6 Å². The Bertz CT molecular complexity index is 945. The maximum absolute atomic E-state index is 13.1.